The van der Waals surface area contributed by atoms with E-state index in [1.807, 2.05) is 31.2 Å². The molecule has 0 atom stereocenters. The molecule has 1 saturated heterocycles. The van der Waals surface area contributed by atoms with E-state index in [0.29, 0.717) is 12.4 Å². The predicted molar refractivity (Wildman–Crippen MR) is 104 cm³/mol. The van der Waals surface area contributed by atoms with Crippen LogP contribution in [0.25, 0.3) is 10.9 Å². The monoisotopic (exact) mass is 355 g/mol. The number of rotatable bonds is 7. The van der Waals surface area contributed by atoms with E-state index in [2.05, 4.69) is 15.2 Å². The van der Waals surface area contributed by atoms with Crippen LogP contribution in [0.1, 0.15) is 5.56 Å². The average Bonchev–Trinajstić information content (AvgIpc) is 2.62. The Morgan fingerprint density at radius 2 is 2.19 bits per heavy atom. The molecule has 2 aromatic rings. The molecule has 0 radical (unpaired) electrons. The Morgan fingerprint density at radius 1 is 1.38 bits per heavy atom. The van der Waals surface area contributed by atoms with Crippen molar-refractivity contribution in [2.45, 2.75) is 6.92 Å². The number of nitrogens with two attached hydrogens (primary N) is 1. The van der Waals surface area contributed by atoms with Crippen LogP contribution in [-0.4, -0.2) is 55.2 Å². The molecule has 1 aliphatic heterocycles. The van der Waals surface area contributed by atoms with Crippen molar-refractivity contribution < 1.29 is 9.47 Å². The van der Waals surface area contributed by atoms with Gasteiger partial charge in [0.25, 0.3) is 0 Å². The molecule has 26 heavy (non-hydrogen) atoms. The van der Waals surface area contributed by atoms with Crippen LogP contribution >= 0.6 is 0 Å². The van der Waals surface area contributed by atoms with Crippen molar-refractivity contribution in [3.8, 4) is 5.75 Å². The van der Waals surface area contributed by atoms with Crippen molar-refractivity contribution in [2.24, 2.45) is 5.73 Å². The SMILES string of the molecule is Cc1cc(N/C=C\C(=N)N)nc2cc(OCCN3CCOCC3)ccc12. The van der Waals surface area contributed by atoms with Crippen molar-refractivity contribution in [1.82, 2.24) is 9.88 Å². The van der Waals surface area contributed by atoms with Gasteiger partial charge in [0, 0.05) is 37.3 Å². The zero-order valence-corrected chi connectivity index (χ0v) is 15.0. The predicted octanol–water partition coefficient (Wildman–Crippen LogP) is 2.12. The highest BCUT2D eigenvalue weighted by atomic mass is 16.5. The van der Waals surface area contributed by atoms with Gasteiger partial charge >= 0.3 is 0 Å². The topological polar surface area (TPSA) is 96.5 Å². The van der Waals surface area contributed by atoms with Gasteiger partial charge in [-0.1, -0.05) is 0 Å². The first-order valence-corrected chi connectivity index (χ1v) is 8.73. The van der Waals surface area contributed by atoms with Crippen molar-refractivity contribution in [1.29, 1.82) is 5.41 Å². The first-order chi connectivity index (χ1) is 12.6. The molecule has 0 bridgehead atoms. The number of nitrogens with zero attached hydrogens (tertiary/aromatic N) is 2. The molecule has 1 aromatic carbocycles. The van der Waals surface area contributed by atoms with Gasteiger partial charge in [-0.25, -0.2) is 4.98 Å². The minimum absolute atomic E-state index is 0.00837. The Hall–Kier alpha value is -2.64. The van der Waals surface area contributed by atoms with Crippen LogP contribution in [-0.2, 0) is 4.74 Å². The minimum Gasteiger partial charge on any atom is -0.492 e. The highest BCUT2D eigenvalue weighted by Crippen LogP contribution is 2.24. The molecule has 138 valence electrons. The van der Waals surface area contributed by atoms with E-state index in [-0.39, 0.29) is 5.84 Å². The number of ether oxygens (including phenoxy) is 2. The van der Waals surface area contributed by atoms with E-state index in [9.17, 15) is 0 Å². The molecule has 7 heteroatoms. The fourth-order valence-electron chi connectivity index (χ4n) is 2.88. The lowest BCUT2D eigenvalue weighted by atomic mass is 10.1. The second-order valence-corrected chi connectivity index (χ2v) is 6.24. The third-order valence-corrected chi connectivity index (χ3v) is 4.26. The lowest BCUT2D eigenvalue weighted by Gasteiger charge is -2.26. The first kappa shape index (κ1) is 18.2. The summed E-state index contributed by atoms with van der Waals surface area (Å²) in [7, 11) is 0. The number of amidine groups is 1. The summed E-state index contributed by atoms with van der Waals surface area (Å²) in [6.07, 6.45) is 3.09. The van der Waals surface area contributed by atoms with Crippen LogP contribution < -0.4 is 15.8 Å². The molecule has 1 aliphatic rings. The van der Waals surface area contributed by atoms with Gasteiger partial charge in [-0.3, -0.25) is 10.3 Å². The minimum atomic E-state index is -0.00837. The van der Waals surface area contributed by atoms with Gasteiger partial charge < -0.3 is 20.5 Å². The third-order valence-electron chi connectivity index (χ3n) is 4.26. The summed E-state index contributed by atoms with van der Waals surface area (Å²) in [4.78, 5) is 6.95. The van der Waals surface area contributed by atoms with E-state index in [1.54, 1.807) is 6.20 Å². The van der Waals surface area contributed by atoms with Gasteiger partial charge in [-0.2, -0.15) is 0 Å². The van der Waals surface area contributed by atoms with Crippen LogP contribution in [0.4, 0.5) is 5.82 Å². The molecule has 0 amide bonds. The van der Waals surface area contributed by atoms with Crippen LogP contribution in [0.2, 0.25) is 0 Å². The summed E-state index contributed by atoms with van der Waals surface area (Å²) in [6, 6.07) is 7.95. The largest absolute Gasteiger partial charge is 0.492 e. The Bertz CT molecular complexity index is 800. The number of nitrogens with one attached hydrogen (secondary N) is 2. The maximum Gasteiger partial charge on any atom is 0.130 e. The van der Waals surface area contributed by atoms with Gasteiger partial charge in [0.1, 0.15) is 24.0 Å². The van der Waals surface area contributed by atoms with Crippen molar-refractivity contribution in [2.75, 3.05) is 44.8 Å². The smallest absolute Gasteiger partial charge is 0.130 e. The molecule has 2 heterocycles. The van der Waals surface area contributed by atoms with E-state index in [1.165, 1.54) is 6.08 Å². The van der Waals surface area contributed by atoms with E-state index in [4.69, 9.17) is 20.6 Å². The summed E-state index contributed by atoms with van der Waals surface area (Å²) in [5.74, 6) is 1.51. The molecule has 1 fully saturated rings. The molecule has 0 saturated carbocycles. The van der Waals surface area contributed by atoms with E-state index >= 15 is 0 Å². The van der Waals surface area contributed by atoms with Crippen LogP contribution in [0.15, 0.2) is 36.5 Å². The summed E-state index contributed by atoms with van der Waals surface area (Å²) >= 11 is 0. The van der Waals surface area contributed by atoms with Crippen LogP contribution in [0.5, 0.6) is 5.75 Å². The molecular formula is C19H25N5O2. The summed E-state index contributed by atoms with van der Waals surface area (Å²) in [6.45, 7) is 7.10. The van der Waals surface area contributed by atoms with Crippen LogP contribution in [0, 0.1) is 12.3 Å². The Labute approximate surface area is 153 Å². The zero-order valence-electron chi connectivity index (χ0n) is 15.0. The number of hydrogen-bond donors (Lipinski definition) is 3. The fraction of sp³-hybridized carbons (Fsp3) is 0.368. The second-order valence-electron chi connectivity index (χ2n) is 6.24. The summed E-state index contributed by atoms with van der Waals surface area (Å²) < 4.78 is 11.3. The van der Waals surface area contributed by atoms with Crippen molar-refractivity contribution in [3.63, 3.8) is 0 Å². The molecule has 3 rings (SSSR count). The Kier molecular flexibility index (Phi) is 6.04. The number of aromatic nitrogens is 1. The molecule has 0 unspecified atom stereocenters. The quantitative estimate of drug-likeness (QED) is 0.520. The second kappa shape index (κ2) is 8.64. The van der Waals surface area contributed by atoms with Crippen molar-refractivity contribution in [3.05, 3.63) is 42.1 Å². The van der Waals surface area contributed by atoms with Crippen molar-refractivity contribution >= 4 is 22.6 Å². The van der Waals surface area contributed by atoms with Gasteiger partial charge in [0.2, 0.25) is 0 Å². The first-order valence-electron chi connectivity index (χ1n) is 8.73. The van der Waals surface area contributed by atoms with E-state index < -0.39 is 0 Å². The zero-order chi connectivity index (χ0) is 18.4. The average molecular weight is 355 g/mol. The van der Waals surface area contributed by atoms with Gasteiger partial charge in [-0.05, 0) is 36.8 Å². The number of anilines is 1. The van der Waals surface area contributed by atoms with Gasteiger partial charge in [0.15, 0.2) is 0 Å². The fourth-order valence-corrected chi connectivity index (χ4v) is 2.88. The molecule has 0 aliphatic carbocycles. The molecular weight excluding hydrogens is 330 g/mol. The number of aryl methyl sites for hydroxylation is 1. The lowest BCUT2D eigenvalue weighted by Crippen LogP contribution is -2.38. The standard InChI is InChI=1S/C19H25N5O2/c1-14-12-19(22-5-4-18(20)21)23-17-13-15(2-3-16(14)17)26-11-8-24-6-9-25-10-7-24/h2-5,12-13H,6-11H2,1H3,(H3,20,21)(H,22,23)/b5-4-. The molecule has 7 nitrogen and oxygen atoms in total. The van der Waals surface area contributed by atoms with E-state index in [0.717, 1.165) is 55.1 Å². The third kappa shape index (κ3) is 4.93. The lowest BCUT2D eigenvalue weighted by molar-refractivity contribution is 0.0322. The Morgan fingerprint density at radius 3 is 2.96 bits per heavy atom. The maximum atomic E-state index is 7.20. The maximum absolute atomic E-state index is 7.20. The van der Waals surface area contributed by atoms with Crippen LogP contribution in [0.3, 0.4) is 0 Å². The molecule has 0 spiro atoms. The highest BCUT2D eigenvalue weighted by Gasteiger charge is 2.10. The number of fused-ring (bicyclic) bond motifs is 1. The normalized spacial score (nSPS) is 15.4. The molecule has 4 N–H and O–H groups in total. The Balaban J connectivity index is 1.66. The number of benzene rings is 1. The number of pyridine rings is 1. The number of morpholine rings is 1. The highest BCUT2D eigenvalue weighted by molar-refractivity contribution is 5.89. The summed E-state index contributed by atoms with van der Waals surface area (Å²) in [5, 5.41) is 11.3. The molecule has 1 aromatic heterocycles. The number of hydrogen-bond acceptors (Lipinski definition) is 6. The summed E-state index contributed by atoms with van der Waals surface area (Å²) in [5.41, 5.74) is 7.29. The van der Waals surface area contributed by atoms with Gasteiger partial charge in [0.05, 0.1) is 18.7 Å². The van der Waals surface area contributed by atoms with Gasteiger partial charge in [-0.15, -0.1) is 0 Å².